The quantitative estimate of drug-likeness (QED) is 0.491. The molecule has 2 atom stereocenters. The topological polar surface area (TPSA) is 98.7 Å². The van der Waals surface area contributed by atoms with Gasteiger partial charge in [0.05, 0.1) is 12.0 Å². The van der Waals surface area contributed by atoms with Crippen LogP contribution in [0.1, 0.15) is 27.7 Å². The first-order valence-corrected chi connectivity index (χ1v) is 4.98. The van der Waals surface area contributed by atoms with Crippen LogP contribution in [0.2, 0.25) is 0 Å². The van der Waals surface area contributed by atoms with Crippen LogP contribution in [0.3, 0.4) is 0 Å². The molecule has 6 nitrogen and oxygen atoms in total. The zero-order valence-electron chi connectivity index (χ0n) is 10.9. The number of aliphatic hydroxyl groups is 1. The van der Waals surface area contributed by atoms with Crippen LogP contribution in [0.5, 0.6) is 0 Å². The second-order valence-corrected chi connectivity index (χ2v) is 4.60. The first-order chi connectivity index (χ1) is 7.17. The molecule has 2 N–H and O–H groups in total. The number of rotatable bonds is 4. The van der Waals surface area contributed by atoms with Crippen LogP contribution >= 0.6 is 0 Å². The standard InChI is InChI=1S/C10H19NO5.Li/c1-6(5-12)7(8(13)14)11-9(15)16-10(2,3)4;/h6-7,12H,5H2,1-4H3,(H,11,15)(H,13,14);/q;+1/p-1/t6?,7-;/m0./s1. The Balaban J connectivity index is 0. The number of hydrogen-bond donors (Lipinski definition) is 2. The van der Waals surface area contributed by atoms with Crippen molar-refractivity contribution >= 4 is 12.1 Å². The van der Waals surface area contributed by atoms with Gasteiger partial charge in [-0.05, 0) is 20.8 Å². The minimum atomic E-state index is -1.45. The fourth-order valence-corrected chi connectivity index (χ4v) is 0.973. The molecule has 0 saturated carbocycles. The van der Waals surface area contributed by atoms with Crippen molar-refractivity contribution in [2.24, 2.45) is 5.92 Å². The molecule has 0 aromatic rings. The summed E-state index contributed by atoms with van der Waals surface area (Å²) in [5, 5.41) is 21.7. The molecule has 0 aromatic heterocycles. The molecule has 0 aliphatic carbocycles. The van der Waals surface area contributed by atoms with E-state index in [4.69, 9.17) is 9.84 Å². The van der Waals surface area contributed by atoms with Gasteiger partial charge in [0.1, 0.15) is 5.60 Å². The Hall–Kier alpha value is -0.703. The summed E-state index contributed by atoms with van der Waals surface area (Å²) in [5.41, 5.74) is -0.705. The van der Waals surface area contributed by atoms with Crippen LogP contribution in [-0.4, -0.2) is 35.4 Å². The van der Waals surface area contributed by atoms with Crippen LogP contribution in [0.25, 0.3) is 0 Å². The summed E-state index contributed by atoms with van der Waals surface area (Å²) in [4.78, 5) is 22.0. The summed E-state index contributed by atoms with van der Waals surface area (Å²) < 4.78 is 4.89. The third kappa shape index (κ3) is 8.08. The second kappa shape index (κ2) is 7.59. The van der Waals surface area contributed by atoms with E-state index in [1.165, 1.54) is 6.92 Å². The minimum Gasteiger partial charge on any atom is -0.548 e. The normalized spacial score (nSPS) is 14.2. The number of alkyl carbamates (subject to hydrolysis) is 1. The number of aliphatic carboxylic acids is 1. The monoisotopic (exact) mass is 239 g/mol. The number of hydrogen-bond acceptors (Lipinski definition) is 5. The van der Waals surface area contributed by atoms with Crippen molar-refractivity contribution in [3.8, 4) is 0 Å². The molecule has 1 unspecified atom stereocenters. The van der Waals surface area contributed by atoms with Gasteiger partial charge in [-0.15, -0.1) is 0 Å². The Morgan fingerprint density at radius 2 is 1.88 bits per heavy atom. The van der Waals surface area contributed by atoms with Crippen LogP contribution in [0.15, 0.2) is 0 Å². The molecule has 0 spiro atoms. The largest absolute Gasteiger partial charge is 1.00 e. The molecule has 0 rings (SSSR count). The van der Waals surface area contributed by atoms with Gasteiger partial charge < -0.3 is 25.1 Å². The summed E-state index contributed by atoms with van der Waals surface area (Å²) in [5.74, 6) is -2.09. The van der Waals surface area contributed by atoms with Crippen LogP contribution in [0.4, 0.5) is 4.79 Å². The Morgan fingerprint density at radius 1 is 1.41 bits per heavy atom. The number of amides is 1. The Morgan fingerprint density at radius 3 is 2.18 bits per heavy atom. The van der Waals surface area contributed by atoms with Gasteiger partial charge >= 0.3 is 25.0 Å². The molecule has 0 fully saturated rings. The number of carbonyl (C=O) groups is 2. The van der Waals surface area contributed by atoms with Crippen molar-refractivity contribution in [3.05, 3.63) is 0 Å². The predicted molar refractivity (Wildman–Crippen MR) is 54.4 cm³/mol. The van der Waals surface area contributed by atoms with Gasteiger partial charge in [-0.1, -0.05) is 6.92 Å². The third-order valence-corrected chi connectivity index (χ3v) is 1.78. The number of aliphatic hydroxyl groups excluding tert-OH is 1. The average Bonchev–Trinajstić information content (AvgIpc) is 2.09. The van der Waals surface area contributed by atoms with Gasteiger partial charge in [0.25, 0.3) is 0 Å². The van der Waals surface area contributed by atoms with E-state index in [-0.39, 0.29) is 25.5 Å². The SMILES string of the molecule is CC(CO)[C@H](NC(=O)OC(C)(C)C)C(=O)[O-].[Li+]. The van der Waals surface area contributed by atoms with Gasteiger partial charge in [-0.3, -0.25) is 0 Å². The molecule has 7 heteroatoms. The Labute approximate surface area is 113 Å². The van der Waals surface area contributed by atoms with Gasteiger partial charge in [-0.25, -0.2) is 4.79 Å². The van der Waals surface area contributed by atoms with E-state index in [0.29, 0.717) is 0 Å². The van der Waals surface area contributed by atoms with Crippen molar-refractivity contribution in [2.45, 2.75) is 39.3 Å². The summed E-state index contributed by atoms with van der Waals surface area (Å²) in [6.45, 7) is 6.11. The zero-order valence-corrected chi connectivity index (χ0v) is 10.9. The summed E-state index contributed by atoms with van der Waals surface area (Å²) in [6, 6.07) is -1.26. The van der Waals surface area contributed by atoms with E-state index in [9.17, 15) is 14.7 Å². The van der Waals surface area contributed by atoms with Crippen LogP contribution in [-0.2, 0) is 9.53 Å². The van der Waals surface area contributed by atoms with Crippen molar-refractivity contribution in [1.29, 1.82) is 0 Å². The third-order valence-electron chi connectivity index (χ3n) is 1.78. The van der Waals surface area contributed by atoms with E-state index >= 15 is 0 Å². The Kier molecular flexibility index (Phi) is 8.33. The van der Waals surface area contributed by atoms with Crippen LogP contribution < -0.4 is 29.3 Å². The van der Waals surface area contributed by atoms with Crippen molar-refractivity contribution in [2.75, 3.05) is 6.61 Å². The molecular formula is C10H18LiNO5. The van der Waals surface area contributed by atoms with E-state index in [0.717, 1.165) is 0 Å². The number of carboxylic acids is 1. The number of carboxylic acid groups (broad SMARTS) is 1. The number of ether oxygens (including phenoxy) is 1. The van der Waals surface area contributed by atoms with E-state index < -0.39 is 29.6 Å². The molecular weight excluding hydrogens is 221 g/mol. The first kappa shape index (κ1) is 18.7. The van der Waals surface area contributed by atoms with Gasteiger partial charge in [-0.2, -0.15) is 0 Å². The summed E-state index contributed by atoms with van der Waals surface area (Å²) in [7, 11) is 0. The van der Waals surface area contributed by atoms with E-state index in [2.05, 4.69) is 5.32 Å². The van der Waals surface area contributed by atoms with Gasteiger partial charge in [0.2, 0.25) is 0 Å². The maximum atomic E-state index is 11.3. The molecule has 0 aromatic carbocycles. The van der Waals surface area contributed by atoms with Crippen molar-refractivity contribution in [3.63, 3.8) is 0 Å². The fraction of sp³-hybridized carbons (Fsp3) is 0.800. The van der Waals surface area contributed by atoms with Crippen molar-refractivity contribution in [1.82, 2.24) is 5.32 Å². The number of nitrogens with one attached hydrogen (secondary N) is 1. The molecule has 0 saturated heterocycles. The van der Waals surface area contributed by atoms with E-state index in [1.807, 2.05) is 0 Å². The minimum absolute atomic E-state index is 0. The molecule has 0 aliphatic heterocycles. The fourth-order valence-electron chi connectivity index (χ4n) is 0.973. The van der Waals surface area contributed by atoms with E-state index in [1.54, 1.807) is 20.8 Å². The maximum Gasteiger partial charge on any atom is 1.00 e. The number of carbonyl (C=O) groups excluding carboxylic acids is 2. The van der Waals surface area contributed by atoms with Crippen LogP contribution in [0, 0.1) is 5.92 Å². The van der Waals surface area contributed by atoms with Gasteiger partial charge in [0, 0.05) is 12.5 Å². The predicted octanol–water partition coefficient (Wildman–Crippen LogP) is -3.74. The Bertz CT molecular complexity index is 264. The summed E-state index contributed by atoms with van der Waals surface area (Å²) >= 11 is 0. The first-order valence-electron chi connectivity index (χ1n) is 4.98. The zero-order chi connectivity index (χ0) is 12.9. The van der Waals surface area contributed by atoms with Gasteiger partial charge in [0.15, 0.2) is 0 Å². The maximum absolute atomic E-state index is 11.3. The molecule has 1 amide bonds. The molecule has 94 valence electrons. The second-order valence-electron chi connectivity index (χ2n) is 4.60. The molecule has 0 bridgehead atoms. The summed E-state index contributed by atoms with van der Waals surface area (Å²) in [6.07, 6.45) is -0.845. The average molecular weight is 239 g/mol. The molecule has 0 aliphatic rings. The molecule has 0 heterocycles. The van der Waals surface area contributed by atoms with Crippen molar-refractivity contribution < 1.29 is 43.4 Å². The smallest absolute Gasteiger partial charge is 0.548 e. The molecule has 0 radical (unpaired) electrons. The molecule has 17 heavy (non-hydrogen) atoms.